The molecule has 0 aliphatic carbocycles. The van der Waals surface area contributed by atoms with E-state index in [1.165, 1.54) is 5.56 Å². The standard InChI is InChI=1S/C29H35N3O2/c33-28(23-32-18-16-31(17-19-32)22-26-14-8-3-9-15-26)27(20-24-10-4-1-5-11-24)30-29(34)21-25-12-6-2-7-13-25/h1-15,27-28,33H,16-23H2,(H,30,34)/t27-,28-/m0/s1. The van der Waals surface area contributed by atoms with Crippen molar-refractivity contribution in [3.05, 3.63) is 108 Å². The van der Waals surface area contributed by atoms with E-state index < -0.39 is 6.10 Å². The highest BCUT2D eigenvalue weighted by molar-refractivity contribution is 5.79. The fraction of sp³-hybridized carbons (Fsp3) is 0.345. The first-order valence-corrected chi connectivity index (χ1v) is 12.2. The van der Waals surface area contributed by atoms with Crippen LogP contribution < -0.4 is 5.32 Å². The van der Waals surface area contributed by atoms with Gasteiger partial charge in [0.2, 0.25) is 5.91 Å². The molecule has 5 nitrogen and oxygen atoms in total. The number of aliphatic hydroxyl groups excluding tert-OH is 1. The Morgan fingerprint density at radius 3 is 1.82 bits per heavy atom. The Labute approximate surface area is 203 Å². The predicted octanol–water partition coefficient (Wildman–Crippen LogP) is 3.14. The molecule has 2 atom stereocenters. The summed E-state index contributed by atoms with van der Waals surface area (Å²) in [6, 6.07) is 30.0. The summed E-state index contributed by atoms with van der Waals surface area (Å²) in [4.78, 5) is 17.6. The van der Waals surface area contributed by atoms with Gasteiger partial charge in [0, 0.05) is 39.3 Å². The van der Waals surface area contributed by atoms with Crippen LogP contribution in [0, 0.1) is 0 Å². The van der Waals surface area contributed by atoms with Gasteiger partial charge in [0.05, 0.1) is 18.6 Å². The third kappa shape index (κ3) is 7.52. The van der Waals surface area contributed by atoms with Crippen molar-refractivity contribution in [2.45, 2.75) is 31.5 Å². The molecule has 34 heavy (non-hydrogen) atoms. The number of piperazine rings is 1. The summed E-state index contributed by atoms with van der Waals surface area (Å²) >= 11 is 0. The molecule has 0 aromatic heterocycles. The van der Waals surface area contributed by atoms with E-state index >= 15 is 0 Å². The van der Waals surface area contributed by atoms with Gasteiger partial charge in [0.15, 0.2) is 0 Å². The first kappa shape index (κ1) is 24.1. The number of benzene rings is 3. The number of nitrogens with one attached hydrogen (secondary N) is 1. The highest BCUT2D eigenvalue weighted by Crippen LogP contribution is 2.12. The van der Waals surface area contributed by atoms with Crippen LogP contribution in [0.15, 0.2) is 91.0 Å². The lowest BCUT2D eigenvalue weighted by atomic mass is 10.00. The number of carbonyl (C=O) groups is 1. The van der Waals surface area contributed by atoms with Gasteiger partial charge < -0.3 is 10.4 Å². The van der Waals surface area contributed by atoms with Crippen LogP contribution in [0.4, 0.5) is 0 Å². The topological polar surface area (TPSA) is 55.8 Å². The Bertz CT molecular complexity index is 990. The smallest absolute Gasteiger partial charge is 0.224 e. The second kappa shape index (κ2) is 12.5. The maximum atomic E-state index is 12.8. The van der Waals surface area contributed by atoms with Crippen molar-refractivity contribution in [3.63, 3.8) is 0 Å². The Balaban J connectivity index is 1.32. The van der Waals surface area contributed by atoms with Crippen molar-refractivity contribution >= 4 is 5.91 Å². The minimum absolute atomic E-state index is 0.0566. The lowest BCUT2D eigenvalue weighted by Gasteiger charge is -2.37. The van der Waals surface area contributed by atoms with Crippen molar-refractivity contribution in [2.75, 3.05) is 32.7 Å². The van der Waals surface area contributed by atoms with Gasteiger partial charge in [-0.15, -0.1) is 0 Å². The van der Waals surface area contributed by atoms with Crippen LogP contribution in [0.3, 0.4) is 0 Å². The summed E-state index contributed by atoms with van der Waals surface area (Å²) in [6.07, 6.45) is 0.286. The summed E-state index contributed by atoms with van der Waals surface area (Å²) in [5, 5.41) is 14.3. The third-order valence-corrected chi connectivity index (χ3v) is 6.48. The maximum Gasteiger partial charge on any atom is 0.224 e. The molecule has 3 aromatic carbocycles. The molecular formula is C29H35N3O2. The molecule has 2 N–H and O–H groups in total. The zero-order chi connectivity index (χ0) is 23.6. The molecule has 0 radical (unpaired) electrons. The average Bonchev–Trinajstić information content (AvgIpc) is 2.87. The molecule has 5 heteroatoms. The zero-order valence-corrected chi connectivity index (χ0v) is 19.7. The van der Waals surface area contributed by atoms with Crippen LogP contribution in [-0.4, -0.2) is 65.7 Å². The molecule has 4 rings (SSSR count). The van der Waals surface area contributed by atoms with E-state index in [0.29, 0.717) is 19.4 Å². The number of hydrogen-bond donors (Lipinski definition) is 2. The first-order chi connectivity index (χ1) is 16.7. The summed E-state index contributed by atoms with van der Waals surface area (Å²) < 4.78 is 0. The van der Waals surface area contributed by atoms with Crippen LogP contribution >= 0.6 is 0 Å². The van der Waals surface area contributed by atoms with Gasteiger partial charge in [-0.3, -0.25) is 14.6 Å². The number of hydrogen-bond acceptors (Lipinski definition) is 4. The lowest BCUT2D eigenvalue weighted by Crippen LogP contribution is -2.53. The molecule has 0 spiro atoms. The van der Waals surface area contributed by atoms with E-state index in [1.807, 2.05) is 66.7 Å². The molecule has 0 bridgehead atoms. The van der Waals surface area contributed by atoms with Crippen LogP contribution in [0.25, 0.3) is 0 Å². The molecule has 1 aliphatic heterocycles. The predicted molar refractivity (Wildman–Crippen MR) is 136 cm³/mol. The zero-order valence-electron chi connectivity index (χ0n) is 19.7. The molecule has 0 saturated carbocycles. The second-order valence-electron chi connectivity index (χ2n) is 9.16. The van der Waals surface area contributed by atoms with E-state index in [9.17, 15) is 9.90 Å². The fourth-order valence-electron chi connectivity index (χ4n) is 4.55. The molecule has 0 unspecified atom stereocenters. The fourth-order valence-corrected chi connectivity index (χ4v) is 4.55. The summed E-state index contributed by atoms with van der Waals surface area (Å²) in [5.41, 5.74) is 3.42. The van der Waals surface area contributed by atoms with Crippen LogP contribution in [0.1, 0.15) is 16.7 Å². The van der Waals surface area contributed by atoms with E-state index in [4.69, 9.17) is 0 Å². The highest BCUT2D eigenvalue weighted by Gasteiger charge is 2.26. The Kier molecular flexibility index (Phi) is 8.85. The molecule has 1 fully saturated rings. The average molecular weight is 458 g/mol. The number of aliphatic hydroxyl groups is 1. The number of amides is 1. The van der Waals surface area contributed by atoms with Crippen LogP contribution in [0.5, 0.6) is 0 Å². The van der Waals surface area contributed by atoms with E-state index in [1.54, 1.807) is 0 Å². The minimum Gasteiger partial charge on any atom is -0.390 e. The second-order valence-corrected chi connectivity index (χ2v) is 9.16. The van der Waals surface area contributed by atoms with Gasteiger partial charge in [-0.1, -0.05) is 91.0 Å². The van der Waals surface area contributed by atoms with Gasteiger partial charge >= 0.3 is 0 Å². The maximum absolute atomic E-state index is 12.8. The number of nitrogens with zero attached hydrogens (tertiary/aromatic N) is 2. The van der Waals surface area contributed by atoms with Crippen molar-refractivity contribution in [2.24, 2.45) is 0 Å². The van der Waals surface area contributed by atoms with E-state index in [0.717, 1.165) is 43.9 Å². The van der Waals surface area contributed by atoms with Gasteiger partial charge in [-0.2, -0.15) is 0 Å². The van der Waals surface area contributed by atoms with Gasteiger partial charge in [-0.05, 0) is 23.1 Å². The first-order valence-electron chi connectivity index (χ1n) is 12.2. The SMILES string of the molecule is O=C(Cc1ccccc1)N[C@@H](Cc1ccccc1)[C@@H](O)CN1CCN(Cc2ccccc2)CC1. The summed E-state index contributed by atoms with van der Waals surface area (Å²) in [6.45, 7) is 5.31. The Hall–Kier alpha value is -2.99. The molecule has 1 aliphatic rings. The highest BCUT2D eigenvalue weighted by atomic mass is 16.3. The Morgan fingerprint density at radius 1 is 0.735 bits per heavy atom. The van der Waals surface area contributed by atoms with Gasteiger partial charge in [0.25, 0.3) is 0 Å². The number of rotatable bonds is 10. The van der Waals surface area contributed by atoms with Crippen molar-refractivity contribution in [3.8, 4) is 0 Å². The normalized spacial score (nSPS) is 16.6. The van der Waals surface area contributed by atoms with Gasteiger partial charge in [0.1, 0.15) is 0 Å². The Morgan fingerprint density at radius 2 is 1.24 bits per heavy atom. The molecule has 3 aromatic rings. The van der Waals surface area contributed by atoms with Crippen LogP contribution in [-0.2, 0) is 24.2 Å². The van der Waals surface area contributed by atoms with E-state index in [2.05, 4.69) is 39.4 Å². The third-order valence-electron chi connectivity index (χ3n) is 6.48. The summed E-state index contributed by atoms with van der Waals surface area (Å²) in [5.74, 6) is -0.0566. The molecular weight excluding hydrogens is 422 g/mol. The largest absolute Gasteiger partial charge is 0.390 e. The lowest BCUT2D eigenvalue weighted by molar-refractivity contribution is -0.122. The van der Waals surface area contributed by atoms with Crippen molar-refractivity contribution in [1.29, 1.82) is 0 Å². The van der Waals surface area contributed by atoms with Crippen molar-refractivity contribution in [1.82, 2.24) is 15.1 Å². The van der Waals surface area contributed by atoms with Crippen LogP contribution in [0.2, 0.25) is 0 Å². The molecule has 178 valence electrons. The molecule has 1 amide bonds. The number of carbonyl (C=O) groups excluding carboxylic acids is 1. The van der Waals surface area contributed by atoms with Gasteiger partial charge in [-0.25, -0.2) is 0 Å². The number of β-amino-alcohol motifs (C(OH)–C–C–N with tert-alkyl or cyclic N) is 1. The quantitative estimate of drug-likeness (QED) is 0.491. The molecule has 1 saturated heterocycles. The summed E-state index contributed by atoms with van der Waals surface area (Å²) in [7, 11) is 0. The minimum atomic E-state index is -0.638. The van der Waals surface area contributed by atoms with E-state index in [-0.39, 0.29) is 11.9 Å². The monoisotopic (exact) mass is 457 g/mol. The molecule has 1 heterocycles. The van der Waals surface area contributed by atoms with Crippen molar-refractivity contribution < 1.29 is 9.90 Å².